The Morgan fingerprint density at radius 2 is 1.76 bits per heavy atom. The number of aryl methyl sites for hydroxylation is 1. The fourth-order valence-corrected chi connectivity index (χ4v) is 4.49. The maximum Gasteiger partial charge on any atom is 0.435 e. The maximum atomic E-state index is 14.4. The van der Waals surface area contributed by atoms with Crippen LogP contribution >= 0.6 is 0 Å². The Morgan fingerprint density at radius 1 is 1.10 bits per heavy atom. The van der Waals surface area contributed by atoms with Gasteiger partial charge in [-0.05, 0) is 43.9 Å². The first-order valence-electron chi connectivity index (χ1n) is 9.36. The lowest BCUT2D eigenvalue weighted by atomic mass is 9.77. The predicted molar refractivity (Wildman–Crippen MR) is 91.1 cm³/mol. The van der Waals surface area contributed by atoms with Crippen molar-refractivity contribution >= 4 is 5.91 Å². The third kappa shape index (κ3) is 3.71. The minimum atomic E-state index is -6.12. The number of amides is 1. The van der Waals surface area contributed by atoms with Gasteiger partial charge in [-0.25, -0.2) is 4.39 Å². The van der Waals surface area contributed by atoms with Gasteiger partial charge in [0.2, 0.25) is 5.91 Å². The van der Waals surface area contributed by atoms with E-state index in [1.165, 1.54) is 6.07 Å². The van der Waals surface area contributed by atoms with Crippen molar-refractivity contribution in [2.24, 2.45) is 0 Å². The second-order valence-corrected chi connectivity index (χ2v) is 7.49. The molecule has 1 aromatic carbocycles. The molecule has 2 aliphatic rings. The fraction of sp³-hybridized carbons (Fsp3) is 0.632. The molecule has 1 amide bonds. The topological polar surface area (TPSA) is 32.3 Å². The molecule has 2 atom stereocenters. The highest BCUT2D eigenvalue weighted by Crippen LogP contribution is 2.54. The Kier molecular flexibility index (Phi) is 5.61. The highest BCUT2D eigenvalue weighted by Gasteiger charge is 2.73. The third-order valence-corrected chi connectivity index (χ3v) is 5.81. The number of fused-ring (bicyclic) bond motifs is 3. The molecule has 3 rings (SSSR count). The van der Waals surface area contributed by atoms with Crippen molar-refractivity contribution in [2.45, 2.75) is 56.2 Å². The van der Waals surface area contributed by atoms with E-state index in [2.05, 4.69) is 5.32 Å². The number of halogens is 7. The summed E-state index contributed by atoms with van der Waals surface area (Å²) in [5, 5.41) is 2.70. The summed E-state index contributed by atoms with van der Waals surface area (Å²) >= 11 is 0. The van der Waals surface area contributed by atoms with Crippen LogP contribution in [0.25, 0.3) is 0 Å². The molecule has 0 radical (unpaired) electrons. The van der Waals surface area contributed by atoms with Crippen molar-refractivity contribution in [3.63, 3.8) is 0 Å². The van der Waals surface area contributed by atoms with E-state index >= 15 is 0 Å². The number of nitrogens with one attached hydrogen (secondary N) is 1. The van der Waals surface area contributed by atoms with Gasteiger partial charge >= 0.3 is 18.0 Å². The summed E-state index contributed by atoms with van der Waals surface area (Å²) in [4.78, 5) is 13.8. The molecule has 0 bridgehead atoms. The molecular weight excluding hydrogens is 405 g/mol. The van der Waals surface area contributed by atoms with Gasteiger partial charge in [0, 0.05) is 24.1 Å². The van der Waals surface area contributed by atoms with Gasteiger partial charge in [-0.1, -0.05) is 18.2 Å². The van der Waals surface area contributed by atoms with E-state index in [1.807, 2.05) is 4.90 Å². The van der Waals surface area contributed by atoms with Gasteiger partial charge in [-0.3, -0.25) is 9.69 Å². The first-order chi connectivity index (χ1) is 13.4. The zero-order valence-electron chi connectivity index (χ0n) is 15.6. The molecule has 29 heavy (non-hydrogen) atoms. The molecule has 1 aromatic rings. The first kappa shape index (κ1) is 21.9. The lowest BCUT2D eigenvalue weighted by molar-refractivity contribution is -0.348. The largest absolute Gasteiger partial charge is 0.435 e. The number of hydrogen-bond acceptors (Lipinski definition) is 2. The molecule has 0 saturated carbocycles. The first-order valence-corrected chi connectivity index (χ1v) is 9.36. The SMILES string of the molecule is CCNC(=O)CN1CC[C@H]2c3ccc(C(F)(C(F)(F)F)C(F)(F)F)cc3CCC21. The lowest BCUT2D eigenvalue weighted by Crippen LogP contribution is -2.50. The predicted octanol–water partition coefficient (Wildman–Crippen LogP) is 4.22. The van der Waals surface area contributed by atoms with E-state index in [-0.39, 0.29) is 30.8 Å². The zero-order chi connectivity index (χ0) is 21.6. The van der Waals surface area contributed by atoms with Crippen molar-refractivity contribution in [1.82, 2.24) is 10.2 Å². The molecule has 0 spiro atoms. The molecule has 1 saturated heterocycles. The van der Waals surface area contributed by atoms with Gasteiger partial charge in [0.15, 0.2) is 0 Å². The van der Waals surface area contributed by atoms with Gasteiger partial charge in [0.25, 0.3) is 0 Å². The average Bonchev–Trinajstić information content (AvgIpc) is 3.02. The fourth-order valence-electron chi connectivity index (χ4n) is 4.49. The van der Waals surface area contributed by atoms with E-state index in [9.17, 15) is 35.5 Å². The van der Waals surface area contributed by atoms with Crippen LogP contribution in [-0.2, 0) is 16.9 Å². The minimum absolute atomic E-state index is 0.0173. The van der Waals surface area contributed by atoms with Crippen LogP contribution in [0.4, 0.5) is 30.7 Å². The summed E-state index contributed by atoms with van der Waals surface area (Å²) in [6.45, 7) is 3.09. The van der Waals surface area contributed by atoms with Crippen LogP contribution in [0.1, 0.15) is 42.4 Å². The van der Waals surface area contributed by atoms with Crippen molar-refractivity contribution in [3.05, 3.63) is 34.9 Å². The zero-order valence-corrected chi connectivity index (χ0v) is 15.6. The van der Waals surface area contributed by atoms with Crippen LogP contribution < -0.4 is 5.32 Å². The number of rotatable bonds is 4. The molecule has 1 aliphatic carbocycles. The Morgan fingerprint density at radius 3 is 2.34 bits per heavy atom. The van der Waals surface area contributed by atoms with Crippen molar-refractivity contribution in [2.75, 3.05) is 19.6 Å². The Hall–Kier alpha value is -1.84. The van der Waals surface area contributed by atoms with Gasteiger partial charge in [-0.2, -0.15) is 26.3 Å². The van der Waals surface area contributed by atoms with Crippen LogP contribution in [0.15, 0.2) is 18.2 Å². The minimum Gasteiger partial charge on any atom is -0.355 e. The van der Waals surface area contributed by atoms with E-state index < -0.39 is 23.6 Å². The summed E-state index contributed by atoms with van der Waals surface area (Å²) in [7, 11) is 0. The number of carbonyl (C=O) groups excluding carboxylic acids is 1. The van der Waals surface area contributed by atoms with E-state index in [1.54, 1.807) is 6.92 Å². The number of alkyl halides is 7. The summed E-state index contributed by atoms with van der Waals surface area (Å²) < 4.78 is 92.5. The second kappa shape index (κ2) is 7.45. The number of carbonyl (C=O) groups is 1. The molecule has 1 N–H and O–H groups in total. The summed E-state index contributed by atoms with van der Waals surface area (Å²) in [5.41, 5.74) is -5.91. The van der Waals surface area contributed by atoms with Crippen molar-refractivity contribution < 1.29 is 35.5 Å². The van der Waals surface area contributed by atoms with E-state index in [4.69, 9.17) is 0 Å². The summed E-state index contributed by atoms with van der Waals surface area (Å²) in [6.07, 6.45) is -10.9. The van der Waals surface area contributed by atoms with Gasteiger partial charge in [0.1, 0.15) is 0 Å². The molecule has 1 unspecified atom stereocenters. The van der Waals surface area contributed by atoms with Gasteiger partial charge in [-0.15, -0.1) is 0 Å². The molecule has 10 heteroatoms. The maximum absolute atomic E-state index is 14.4. The normalized spacial score (nSPS) is 22.9. The van der Waals surface area contributed by atoms with Crippen LogP contribution in [-0.4, -0.2) is 48.8 Å². The molecule has 1 heterocycles. The lowest BCUT2D eigenvalue weighted by Gasteiger charge is -2.35. The molecule has 0 aromatic heterocycles. The number of likely N-dealkylation sites (N-methyl/N-ethyl adjacent to an activating group) is 1. The van der Waals surface area contributed by atoms with Crippen molar-refractivity contribution in [3.8, 4) is 0 Å². The number of benzene rings is 1. The highest BCUT2D eigenvalue weighted by atomic mass is 19.4. The second-order valence-electron chi connectivity index (χ2n) is 7.49. The quantitative estimate of drug-likeness (QED) is 0.732. The van der Waals surface area contributed by atoms with Crippen LogP contribution in [0.5, 0.6) is 0 Å². The summed E-state index contributed by atoms with van der Waals surface area (Å²) in [5.74, 6) is -0.236. The van der Waals surface area contributed by atoms with Gasteiger partial charge in [0.05, 0.1) is 6.54 Å². The van der Waals surface area contributed by atoms with Crippen LogP contribution in [0.2, 0.25) is 0 Å². The van der Waals surface area contributed by atoms with E-state index in [0.29, 0.717) is 49.2 Å². The number of hydrogen-bond donors (Lipinski definition) is 1. The molecule has 1 fully saturated rings. The molecule has 162 valence electrons. The Balaban J connectivity index is 1.89. The highest BCUT2D eigenvalue weighted by molar-refractivity contribution is 5.78. The van der Waals surface area contributed by atoms with Crippen LogP contribution in [0.3, 0.4) is 0 Å². The van der Waals surface area contributed by atoms with Gasteiger partial charge < -0.3 is 5.32 Å². The Bertz CT molecular complexity index is 761. The molecule has 1 aliphatic heterocycles. The van der Waals surface area contributed by atoms with Crippen LogP contribution in [0, 0.1) is 0 Å². The number of nitrogens with zero attached hydrogens (tertiary/aromatic N) is 1. The number of likely N-dealkylation sites (tertiary alicyclic amines) is 1. The van der Waals surface area contributed by atoms with Crippen molar-refractivity contribution in [1.29, 1.82) is 0 Å². The average molecular weight is 426 g/mol. The molecule has 3 nitrogen and oxygen atoms in total. The third-order valence-electron chi connectivity index (χ3n) is 5.81. The summed E-state index contributed by atoms with van der Waals surface area (Å²) in [6, 6.07) is 2.47. The monoisotopic (exact) mass is 426 g/mol. The van der Waals surface area contributed by atoms with E-state index in [0.717, 1.165) is 0 Å². The Labute approximate surface area is 163 Å². The standard InChI is InChI=1S/C19H21F7N2O/c1-2-27-16(29)10-28-8-7-14-13-5-4-12(9-11(13)3-6-15(14)28)17(20,18(21,22)23)19(24,25)26/h4-5,9,14-15H,2-3,6-8,10H2,1H3,(H,27,29)/t14-,15?/m0/s1. The smallest absolute Gasteiger partial charge is 0.355 e. The molecular formula is C19H21F7N2O.